The van der Waals surface area contributed by atoms with E-state index in [9.17, 15) is 10.2 Å². The van der Waals surface area contributed by atoms with Crippen molar-refractivity contribution < 1.29 is 30.0 Å². The predicted octanol–water partition coefficient (Wildman–Crippen LogP) is 4.59. The molecule has 0 atom stereocenters. The zero-order valence-corrected chi connectivity index (χ0v) is 15.8. The summed E-state index contributed by atoms with van der Waals surface area (Å²) in [6, 6.07) is 7.38. The van der Waals surface area contributed by atoms with Gasteiger partial charge in [-0.3, -0.25) is 9.59 Å². The van der Waals surface area contributed by atoms with Gasteiger partial charge in [0.2, 0.25) is 0 Å². The number of allylic oxidation sites excluding steroid dienone is 2. The molecule has 0 amide bonds. The molecule has 0 radical (unpaired) electrons. The van der Waals surface area contributed by atoms with Gasteiger partial charge in [0, 0.05) is 19.2 Å². The molecule has 0 aromatic heterocycles. The summed E-state index contributed by atoms with van der Waals surface area (Å²) < 4.78 is 0. The summed E-state index contributed by atoms with van der Waals surface area (Å²) in [7, 11) is 0. The Morgan fingerprint density at radius 2 is 1.35 bits per heavy atom. The lowest BCUT2D eigenvalue weighted by Gasteiger charge is -2.11. The first-order valence-corrected chi connectivity index (χ1v) is 8.00. The first-order valence-electron chi connectivity index (χ1n) is 7.62. The Morgan fingerprint density at radius 3 is 1.77 bits per heavy atom. The van der Waals surface area contributed by atoms with Gasteiger partial charge < -0.3 is 20.4 Å². The number of rotatable bonds is 2. The number of hydrogen-bond donors (Lipinski definition) is 4. The molecular weight excluding hydrogens is 360 g/mol. The molecule has 7 heteroatoms. The van der Waals surface area contributed by atoms with E-state index in [0.29, 0.717) is 11.8 Å². The Bertz CT molecular complexity index is 787. The predicted molar refractivity (Wildman–Crippen MR) is 102 cm³/mol. The zero-order chi connectivity index (χ0) is 20.4. The van der Waals surface area contributed by atoms with Crippen molar-refractivity contribution in [3.05, 3.63) is 46.5 Å². The number of carboxylic acid groups (broad SMARTS) is 2. The van der Waals surface area contributed by atoms with E-state index < -0.39 is 11.9 Å². The maximum absolute atomic E-state index is 9.89. The molecule has 2 aromatic carbocycles. The highest BCUT2D eigenvalue weighted by Gasteiger charge is 2.16. The minimum atomic E-state index is -0.833. The molecule has 0 fully saturated rings. The average Bonchev–Trinajstić information content (AvgIpc) is 2.51. The Morgan fingerprint density at radius 1 is 0.923 bits per heavy atom. The van der Waals surface area contributed by atoms with Crippen LogP contribution in [0.3, 0.4) is 0 Å². The molecule has 0 aliphatic carbocycles. The quantitative estimate of drug-likeness (QED) is 0.446. The number of halogens is 1. The van der Waals surface area contributed by atoms with Crippen LogP contribution in [0.1, 0.15) is 33.3 Å². The van der Waals surface area contributed by atoms with Crippen LogP contribution >= 0.6 is 11.6 Å². The van der Waals surface area contributed by atoms with Crippen molar-refractivity contribution in [2.45, 2.75) is 34.1 Å². The summed E-state index contributed by atoms with van der Waals surface area (Å²) in [5, 5.41) is 36.3. The highest BCUT2D eigenvalue weighted by molar-refractivity contribution is 6.34. The van der Waals surface area contributed by atoms with Crippen molar-refractivity contribution >= 4 is 34.3 Å². The molecule has 2 aromatic rings. The third kappa shape index (κ3) is 7.90. The van der Waals surface area contributed by atoms with E-state index in [4.69, 9.17) is 31.4 Å². The van der Waals surface area contributed by atoms with Crippen molar-refractivity contribution in [1.29, 1.82) is 0 Å². The van der Waals surface area contributed by atoms with Crippen LogP contribution in [0.5, 0.6) is 11.5 Å². The highest BCUT2D eigenvalue weighted by atomic mass is 35.5. The highest BCUT2D eigenvalue weighted by Crippen LogP contribution is 2.43. The van der Waals surface area contributed by atoms with E-state index in [1.54, 1.807) is 6.07 Å². The minimum Gasteiger partial charge on any atom is -0.504 e. The summed E-state index contributed by atoms with van der Waals surface area (Å²) in [6.45, 7) is 6.19. The third-order valence-corrected chi connectivity index (χ3v) is 3.33. The lowest BCUT2D eigenvalue weighted by atomic mass is 9.99. The number of aromatic hydroxyl groups is 2. The van der Waals surface area contributed by atoms with Crippen molar-refractivity contribution in [2.24, 2.45) is 0 Å². The van der Waals surface area contributed by atoms with Crippen LogP contribution in [0, 0.1) is 0 Å². The van der Waals surface area contributed by atoms with Gasteiger partial charge in [0.1, 0.15) is 0 Å². The number of benzene rings is 2. The number of phenolic OH excluding ortho intramolecular Hbond substituents is 2. The number of carboxylic acids is 2. The van der Waals surface area contributed by atoms with E-state index in [-0.39, 0.29) is 16.5 Å². The molecule has 0 saturated carbocycles. The van der Waals surface area contributed by atoms with Gasteiger partial charge in [-0.05, 0) is 31.2 Å². The van der Waals surface area contributed by atoms with Gasteiger partial charge in [0.05, 0.1) is 5.02 Å². The van der Waals surface area contributed by atoms with Crippen LogP contribution in [-0.4, -0.2) is 32.4 Å². The molecule has 0 aliphatic rings. The lowest BCUT2D eigenvalue weighted by molar-refractivity contribution is -0.135. The van der Waals surface area contributed by atoms with Crippen molar-refractivity contribution in [3.63, 3.8) is 0 Å². The number of hydrogen-bond acceptors (Lipinski definition) is 4. The van der Waals surface area contributed by atoms with Crippen molar-refractivity contribution in [3.8, 4) is 11.5 Å². The second-order valence-corrected chi connectivity index (χ2v) is 5.94. The van der Waals surface area contributed by atoms with Gasteiger partial charge in [-0.25, -0.2) is 0 Å². The molecular formula is C19H23ClO6. The van der Waals surface area contributed by atoms with E-state index in [1.807, 2.05) is 38.1 Å². The van der Waals surface area contributed by atoms with Crippen LogP contribution in [0.25, 0.3) is 10.8 Å². The average molecular weight is 383 g/mol. The van der Waals surface area contributed by atoms with E-state index in [1.165, 1.54) is 5.57 Å². The molecule has 2 rings (SSSR count). The second kappa shape index (κ2) is 11.0. The summed E-state index contributed by atoms with van der Waals surface area (Å²) in [4.78, 5) is 18.0. The fourth-order valence-electron chi connectivity index (χ4n) is 1.95. The fourth-order valence-corrected chi connectivity index (χ4v) is 2.22. The van der Waals surface area contributed by atoms with Gasteiger partial charge in [0.15, 0.2) is 11.5 Å². The summed E-state index contributed by atoms with van der Waals surface area (Å²) in [5.41, 5.74) is 2.02. The molecule has 0 heterocycles. The maximum Gasteiger partial charge on any atom is 0.300 e. The number of phenols is 2. The Kier molecular flexibility index (Phi) is 9.84. The smallest absolute Gasteiger partial charge is 0.300 e. The molecule has 0 bridgehead atoms. The van der Waals surface area contributed by atoms with Gasteiger partial charge in [-0.15, -0.1) is 0 Å². The topological polar surface area (TPSA) is 115 Å². The van der Waals surface area contributed by atoms with Gasteiger partial charge >= 0.3 is 0 Å². The van der Waals surface area contributed by atoms with Gasteiger partial charge in [-0.1, -0.05) is 47.5 Å². The Hall–Kier alpha value is -2.73. The van der Waals surface area contributed by atoms with Gasteiger partial charge in [0.25, 0.3) is 11.9 Å². The molecule has 142 valence electrons. The molecule has 0 spiro atoms. The fraction of sp³-hybridized carbons (Fsp3) is 0.263. The largest absolute Gasteiger partial charge is 0.504 e. The summed E-state index contributed by atoms with van der Waals surface area (Å²) in [5.74, 6) is -2.07. The van der Waals surface area contributed by atoms with Crippen molar-refractivity contribution in [2.75, 3.05) is 0 Å². The number of carbonyl (C=O) groups is 2. The van der Waals surface area contributed by atoms with Crippen molar-refractivity contribution in [1.82, 2.24) is 0 Å². The van der Waals surface area contributed by atoms with Gasteiger partial charge in [-0.2, -0.15) is 0 Å². The molecule has 0 saturated heterocycles. The van der Waals surface area contributed by atoms with Crippen LogP contribution in [0.4, 0.5) is 0 Å². The SMILES string of the molecule is CC(=O)O.CC(=O)O.CC(C)=CCc1c(Cl)c(O)c(O)c2ccccc12. The van der Waals surface area contributed by atoms with Crippen LogP contribution in [0.2, 0.25) is 5.02 Å². The normalized spacial score (nSPS) is 9.27. The first-order chi connectivity index (χ1) is 12.0. The van der Waals surface area contributed by atoms with Crippen LogP contribution < -0.4 is 0 Å². The third-order valence-electron chi connectivity index (χ3n) is 2.92. The summed E-state index contributed by atoms with van der Waals surface area (Å²) in [6.07, 6.45) is 2.68. The maximum atomic E-state index is 9.89. The second-order valence-electron chi connectivity index (χ2n) is 5.56. The number of fused-ring (bicyclic) bond motifs is 1. The first kappa shape index (κ1) is 23.3. The molecule has 0 unspecified atom stereocenters. The molecule has 0 aliphatic heterocycles. The Balaban J connectivity index is 0.000000662. The monoisotopic (exact) mass is 382 g/mol. The minimum absolute atomic E-state index is 0.156. The lowest BCUT2D eigenvalue weighted by Crippen LogP contribution is -1.89. The molecule has 26 heavy (non-hydrogen) atoms. The van der Waals surface area contributed by atoms with E-state index in [2.05, 4.69) is 0 Å². The number of aliphatic carboxylic acids is 2. The molecule has 4 N–H and O–H groups in total. The van der Waals surface area contributed by atoms with Crippen LogP contribution in [-0.2, 0) is 16.0 Å². The Labute approximate surface area is 157 Å². The standard InChI is InChI=1S/C15H15ClO2.2C2H4O2/c1-9(2)7-8-11-10-5-3-4-6-12(10)14(17)15(18)13(11)16;2*1-2(3)4/h3-7,17-18H,8H2,1-2H3;2*1H3,(H,3,4). The molecule has 6 nitrogen and oxygen atoms in total. The van der Waals surface area contributed by atoms with Crippen LogP contribution in [0.15, 0.2) is 35.9 Å². The zero-order valence-electron chi connectivity index (χ0n) is 15.1. The summed E-state index contributed by atoms with van der Waals surface area (Å²) >= 11 is 6.12. The van der Waals surface area contributed by atoms with E-state index in [0.717, 1.165) is 24.8 Å². The van der Waals surface area contributed by atoms with E-state index >= 15 is 0 Å².